The van der Waals surface area contributed by atoms with Gasteiger partial charge < -0.3 is 44.1 Å². The van der Waals surface area contributed by atoms with Crippen molar-refractivity contribution in [1.82, 2.24) is 9.80 Å². The van der Waals surface area contributed by atoms with E-state index in [4.69, 9.17) is 18.9 Å². The number of aliphatic hydroxyl groups is 3. The summed E-state index contributed by atoms with van der Waals surface area (Å²) in [5.41, 5.74) is -1.86. The maximum absolute atomic E-state index is 13.0. The molecule has 0 saturated carbocycles. The summed E-state index contributed by atoms with van der Waals surface area (Å²) in [6.45, 7) is 13.8. The van der Waals surface area contributed by atoms with Gasteiger partial charge in [-0.3, -0.25) is 4.79 Å². The molecule has 11 nitrogen and oxygen atoms in total. The standard InChI is InChI=1S/C35H58N2O9/c1-9-27(43-8)25(4)32-28(44-32)22-34(5,41)15-10-11-23(2)31-24(3)12-13-29(45-33(40)37-19-17-36(7)18-20-37)35(6,42)16-14-26(38)21-30(39)46-31/h10-13,15,24-29,31-32,38,41-42H,9,14,16-22H2,1-8H3. The zero-order valence-corrected chi connectivity index (χ0v) is 29.1. The molecule has 262 valence electrons. The molecule has 0 aromatic heterocycles. The van der Waals surface area contributed by atoms with Crippen molar-refractivity contribution in [1.29, 1.82) is 0 Å². The molecule has 1 amide bonds. The number of piperazine rings is 1. The van der Waals surface area contributed by atoms with Crippen molar-refractivity contribution in [3.05, 3.63) is 36.0 Å². The third-order valence-electron chi connectivity index (χ3n) is 9.62. The monoisotopic (exact) mass is 650 g/mol. The van der Waals surface area contributed by atoms with E-state index in [1.807, 2.05) is 20.9 Å². The Morgan fingerprint density at radius 1 is 1.26 bits per heavy atom. The van der Waals surface area contributed by atoms with Crippen LogP contribution in [0.1, 0.15) is 73.6 Å². The van der Waals surface area contributed by atoms with Crippen molar-refractivity contribution >= 4 is 12.1 Å². The first kappa shape index (κ1) is 38.2. The van der Waals surface area contributed by atoms with Gasteiger partial charge in [0.2, 0.25) is 0 Å². The van der Waals surface area contributed by atoms with E-state index in [-0.39, 0.29) is 49.4 Å². The number of aliphatic hydroxyl groups excluding tert-OH is 1. The van der Waals surface area contributed by atoms with Crippen molar-refractivity contribution in [3.63, 3.8) is 0 Å². The molecule has 0 aliphatic carbocycles. The molecule has 3 N–H and O–H groups in total. The molecule has 11 heteroatoms. The predicted octanol–water partition coefficient (Wildman–Crippen LogP) is 3.61. The first-order valence-corrected chi connectivity index (χ1v) is 16.8. The number of ether oxygens (including phenoxy) is 4. The SMILES string of the molecule is CCC(OC)C(C)C1OC1CC(C)(O)C=CC=C(C)C1OC(=O)CC(O)CCC(C)(O)C(OC(=O)N2CCN(C)CC2)C=CC1C. The minimum absolute atomic E-state index is 0.0473. The minimum Gasteiger partial charge on any atom is -0.457 e. The van der Waals surface area contributed by atoms with Crippen LogP contribution in [0, 0.1) is 11.8 Å². The number of rotatable bonds is 10. The number of cyclic esters (lactones) is 1. The summed E-state index contributed by atoms with van der Waals surface area (Å²) in [6, 6.07) is 0. The van der Waals surface area contributed by atoms with Crippen LogP contribution in [0.5, 0.6) is 0 Å². The normalized spacial score (nSPS) is 34.6. The summed E-state index contributed by atoms with van der Waals surface area (Å²) in [5.74, 6) is -0.683. The van der Waals surface area contributed by atoms with Gasteiger partial charge in [-0.1, -0.05) is 45.1 Å². The Bertz CT molecular complexity index is 1090. The third-order valence-corrected chi connectivity index (χ3v) is 9.62. The van der Waals surface area contributed by atoms with Gasteiger partial charge in [0.15, 0.2) is 6.10 Å². The maximum atomic E-state index is 13.0. The zero-order valence-electron chi connectivity index (χ0n) is 29.1. The molecule has 10 unspecified atom stereocenters. The Kier molecular flexibility index (Phi) is 13.9. The van der Waals surface area contributed by atoms with Crippen LogP contribution in [0.4, 0.5) is 4.79 Å². The molecule has 3 rings (SSSR count). The van der Waals surface area contributed by atoms with Crippen LogP contribution in [-0.2, 0) is 23.7 Å². The van der Waals surface area contributed by atoms with Crippen LogP contribution >= 0.6 is 0 Å². The minimum atomic E-state index is -1.47. The second kappa shape index (κ2) is 16.7. The number of epoxide rings is 1. The largest absolute Gasteiger partial charge is 0.457 e. The summed E-state index contributed by atoms with van der Waals surface area (Å²) in [6.07, 6.45) is 6.96. The molecule has 0 aromatic rings. The molecule has 2 saturated heterocycles. The highest BCUT2D eigenvalue weighted by molar-refractivity contribution is 5.70. The summed E-state index contributed by atoms with van der Waals surface area (Å²) < 4.78 is 23.1. The smallest absolute Gasteiger partial charge is 0.410 e. The van der Waals surface area contributed by atoms with Gasteiger partial charge in [-0.2, -0.15) is 0 Å². The number of hydrogen-bond acceptors (Lipinski definition) is 10. The van der Waals surface area contributed by atoms with Gasteiger partial charge >= 0.3 is 12.1 Å². The molecule has 3 aliphatic heterocycles. The van der Waals surface area contributed by atoms with Gasteiger partial charge in [-0.25, -0.2) is 4.79 Å². The summed E-state index contributed by atoms with van der Waals surface area (Å²) in [5, 5.41) is 33.0. The average Bonchev–Trinajstić information content (AvgIpc) is 3.75. The van der Waals surface area contributed by atoms with E-state index in [1.165, 1.54) is 0 Å². The number of carbonyl (C=O) groups excluding carboxylic acids is 2. The van der Waals surface area contributed by atoms with Crippen LogP contribution in [0.25, 0.3) is 0 Å². The number of methoxy groups -OCH3 is 1. The Hall–Kier alpha value is -2.28. The van der Waals surface area contributed by atoms with Crippen molar-refractivity contribution < 1.29 is 43.9 Å². The number of likely N-dealkylation sites (N-methyl/N-ethyl adjacent to an activating group) is 1. The highest BCUT2D eigenvalue weighted by atomic mass is 16.6. The van der Waals surface area contributed by atoms with Crippen molar-refractivity contribution in [2.45, 2.75) is 121 Å². The van der Waals surface area contributed by atoms with Crippen LogP contribution in [-0.4, -0.2) is 125 Å². The van der Waals surface area contributed by atoms with Crippen molar-refractivity contribution in [2.24, 2.45) is 11.8 Å². The van der Waals surface area contributed by atoms with E-state index in [0.29, 0.717) is 19.5 Å². The average molecular weight is 651 g/mol. The summed E-state index contributed by atoms with van der Waals surface area (Å²) in [7, 11) is 3.71. The van der Waals surface area contributed by atoms with Gasteiger partial charge in [0.25, 0.3) is 0 Å². The van der Waals surface area contributed by atoms with E-state index in [0.717, 1.165) is 25.1 Å². The summed E-state index contributed by atoms with van der Waals surface area (Å²) in [4.78, 5) is 29.6. The van der Waals surface area contributed by atoms with Crippen LogP contribution < -0.4 is 0 Å². The van der Waals surface area contributed by atoms with Crippen LogP contribution in [0.15, 0.2) is 36.0 Å². The highest BCUT2D eigenvalue weighted by Gasteiger charge is 2.47. The quantitative estimate of drug-likeness (QED) is 0.139. The number of carbonyl (C=O) groups is 2. The molecule has 0 bridgehead atoms. The number of esters is 1. The van der Waals surface area contributed by atoms with Gasteiger partial charge in [-0.15, -0.1) is 0 Å². The lowest BCUT2D eigenvalue weighted by atomic mass is 9.88. The van der Waals surface area contributed by atoms with Crippen LogP contribution in [0.2, 0.25) is 0 Å². The third kappa shape index (κ3) is 11.2. The van der Waals surface area contributed by atoms with E-state index in [2.05, 4.69) is 18.7 Å². The first-order valence-electron chi connectivity index (χ1n) is 16.8. The Morgan fingerprint density at radius 3 is 2.57 bits per heavy atom. The van der Waals surface area contributed by atoms with E-state index >= 15 is 0 Å². The lowest BCUT2D eigenvalue weighted by Gasteiger charge is -2.36. The topological polar surface area (TPSA) is 142 Å². The van der Waals surface area contributed by atoms with Crippen molar-refractivity contribution in [3.8, 4) is 0 Å². The fourth-order valence-electron chi connectivity index (χ4n) is 6.35. The van der Waals surface area contributed by atoms with E-state index in [1.54, 1.807) is 56.2 Å². The Labute approximate surface area is 275 Å². The van der Waals surface area contributed by atoms with E-state index in [9.17, 15) is 24.9 Å². The number of nitrogens with zero attached hydrogens (tertiary/aromatic N) is 2. The molecule has 3 heterocycles. The van der Waals surface area contributed by atoms with Gasteiger partial charge in [0, 0.05) is 51.5 Å². The number of allylic oxidation sites excluding steroid dienone is 2. The second-order valence-electron chi connectivity index (χ2n) is 14.0. The Morgan fingerprint density at radius 2 is 1.93 bits per heavy atom. The number of amides is 1. The molecule has 2 fully saturated rings. The maximum Gasteiger partial charge on any atom is 0.410 e. The molecule has 0 radical (unpaired) electrons. The highest BCUT2D eigenvalue weighted by Crippen LogP contribution is 2.38. The Balaban J connectivity index is 1.74. The summed E-state index contributed by atoms with van der Waals surface area (Å²) >= 11 is 0. The lowest BCUT2D eigenvalue weighted by molar-refractivity contribution is -0.151. The first-order chi connectivity index (χ1) is 21.6. The second-order valence-corrected chi connectivity index (χ2v) is 14.0. The molecule has 46 heavy (non-hydrogen) atoms. The molecule has 10 atom stereocenters. The van der Waals surface area contributed by atoms with Gasteiger partial charge in [0.1, 0.15) is 11.7 Å². The molecular formula is C35H58N2O9. The van der Waals surface area contributed by atoms with Crippen molar-refractivity contribution in [2.75, 3.05) is 40.3 Å². The molecule has 0 aromatic carbocycles. The fourth-order valence-corrected chi connectivity index (χ4v) is 6.35. The van der Waals surface area contributed by atoms with Gasteiger partial charge in [0.05, 0.1) is 36.4 Å². The molecule has 3 aliphatic rings. The lowest BCUT2D eigenvalue weighted by Crippen LogP contribution is -2.50. The van der Waals surface area contributed by atoms with Crippen LogP contribution in [0.3, 0.4) is 0 Å². The van der Waals surface area contributed by atoms with E-state index < -0.39 is 41.6 Å². The number of hydrogen-bond donors (Lipinski definition) is 3. The molecular weight excluding hydrogens is 592 g/mol. The fraction of sp³-hybridized carbons (Fsp3) is 0.771. The predicted molar refractivity (Wildman–Crippen MR) is 175 cm³/mol. The molecule has 0 spiro atoms. The van der Waals surface area contributed by atoms with Gasteiger partial charge in [-0.05, 0) is 58.7 Å². The zero-order chi connectivity index (χ0) is 34.2.